The maximum absolute atomic E-state index is 13.6. The lowest BCUT2D eigenvalue weighted by molar-refractivity contribution is -0.152. The number of ketones is 2. The highest BCUT2D eigenvalue weighted by molar-refractivity contribution is 5.98. The summed E-state index contributed by atoms with van der Waals surface area (Å²) in [6.45, 7) is 6.50. The van der Waals surface area contributed by atoms with E-state index in [1.807, 2.05) is 6.08 Å². The smallest absolute Gasteiger partial charge is 0.303 e. The molecule has 0 aliphatic heterocycles. The average Bonchev–Trinajstić information content (AvgIpc) is 3.00. The van der Waals surface area contributed by atoms with Gasteiger partial charge in [0.15, 0.2) is 5.78 Å². The maximum atomic E-state index is 13.6. The first-order valence-electron chi connectivity index (χ1n) is 11.2. The van der Waals surface area contributed by atoms with Crippen LogP contribution in [-0.4, -0.2) is 22.6 Å². The first-order valence-corrected chi connectivity index (χ1v) is 11.2. The van der Waals surface area contributed by atoms with Crippen molar-refractivity contribution in [3.63, 3.8) is 0 Å². The molecule has 0 spiro atoms. The van der Waals surface area contributed by atoms with Crippen LogP contribution < -0.4 is 0 Å². The molecule has 0 aromatic carbocycles. The van der Waals surface area contributed by atoms with Crippen LogP contribution in [0.1, 0.15) is 78.6 Å². The van der Waals surface area contributed by atoms with Gasteiger partial charge in [0.05, 0.1) is 0 Å². The minimum atomic E-state index is -0.771. The molecule has 4 nitrogen and oxygen atoms in total. The lowest BCUT2D eigenvalue weighted by Gasteiger charge is -2.56. The summed E-state index contributed by atoms with van der Waals surface area (Å²) in [4.78, 5) is 37.9. The normalized spacial score (nSPS) is 43.6. The Kier molecular flexibility index (Phi) is 4.83. The Balaban J connectivity index is 1.66. The van der Waals surface area contributed by atoms with Gasteiger partial charge in [0.2, 0.25) is 0 Å². The lowest BCUT2D eigenvalue weighted by Crippen LogP contribution is -2.56. The molecule has 4 aliphatic rings. The fourth-order valence-corrected chi connectivity index (χ4v) is 7.66. The van der Waals surface area contributed by atoms with Crippen molar-refractivity contribution in [1.29, 1.82) is 0 Å². The number of hydrogen-bond acceptors (Lipinski definition) is 3. The molecule has 4 rings (SSSR count). The molecular formula is C24H34O4. The second-order valence-electron chi connectivity index (χ2n) is 10.4. The highest BCUT2D eigenvalue weighted by Crippen LogP contribution is 2.65. The Labute approximate surface area is 168 Å². The Hall–Kier alpha value is -1.45. The van der Waals surface area contributed by atoms with Crippen LogP contribution in [0.4, 0.5) is 0 Å². The number of Topliss-reactive ketones (excluding diaryl/α,β-unsaturated/α-hetero) is 1. The molecule has 1 N–H and O–H groups in total. The maximum Gasteiger partial charge on any atom is 0.303 e. The van der Waals surface area contributed by atoms with E-state index in [2.05, 4.69) is 20.8 Å². The van der Waals surface area contributed by atoms with Crippen LogP contribution in [0.15, 0.2) is 11.6 Å². The molecule has 0 aromatic rings. The summed E-state index contributed by atoms with van der Waals surface area (Å²) in [7, 11) is 0. The van der Waals surface area contributed by atoms with Crippen LogP contribution in [0.5, 0.6) is 0 Å². The predicted molar refractivity (Wildman–Crippen MR) is 107 cm³/mol. The number of allylic oxidation sites excluding steroid dienone is 2. The summed E-state index contributed by atoms with van der Waals surface area (Å²) >= 11 is 0. The molecular weight excluding hydrogens is 352 g/mol. The van der Waals surface area contributed by atoms with Gasteiger partial charge in [-0.1, -0.05) is 32.8 Å². The molecule has 0 heterocycles. The standard InChI is InChI=1S/C24H34O4/c1-14(7-10-21(27)28)16-8-9-17-22-18(13-20(26)24(16,17)3)23(2)11-5-4-6-15(23)12-19(22)25/h12,14,16-18,22H,4-11,13H2,1-3H3,(H,27,28)/t14-,16-,17+,18+,22+,23+,24-/m1/s1. The van der Waals surface area contributed by atoms with E-state index in [1.54, 1.807) is 0 Å². The fraction of sp³-hybridized carbons (Fsp3) is 0.792. The summed E-state index contributed by atoms with van der Waals surface area (Å²) in [6, 6.07) is 0. The number of fused-ring (bicyclic) bond motifs is 5. The van der Waals surface area contributed by atoms with Crippen molar-refractivity contribution in [2.75, 3.05) is 0 Å². The zero-order valence-corrected chi connectivity index (χ0v) is 17.5. The first kappa shape index (κ1) is 19.8. The van der Waals surface area contributed by atoms with Crippen molar-refractivity contribution >= 4 is 17.5 Å². The Morgan fingerprint density at radius 2 is 1.96 bits per heavy atom. The van der Waals surface area contributed by atoms with Crippen LogP contribution >= 0.6 is 0 Å². The summed E-state index contributed by atoms with van der Waals surface area (Å²) in [5, 5.41) is 9.06. The second-order valence-corrected chi connectivity index (χ2v) is 10.4. The number of carbonyl (C=O) groups is 3. The molecule has 0 saturated heterocycles. The van der Waals surface area contributed by atoms with Gasteiger partial charge in [0.1, 0.15) is 5.78 Å². The zero-order chi connectivity index (χ0) is 20.3. The van der Waals surface area contributed by atoms with Gasteiger partial charge in [-0.15, -0.1) is 0 Å². The molecule has 4 heteroatoms. The Morgan fingerprint density at radius 1 is 1.21 bits per heavy atom. The third kappa shape index (κ3) is 2.74. The number of rotatable bonds is 4. The molecule has 0 unspecified atom stereocenters. The predicted octanol–water partition coefficient (Wildman–Crippen LogP) is 4.81. The second kappa shape index (κ2) is 6.81. The van der Waals surface area contributed by atoms with Crippen molar-refractivity contribution in [3.8, 4) is 0 Å². The van der Waals surface area contributed by atoms with Gasteiger partial charge >= 0.3 is 5.97 Å². The van der Waals surface area contributed by atoms with Gasteiger partial charge in [0.25, 0.3) is 0 Å². The summed E-state index contributed by atoms with van der Waals surface area (Å²) in [5.74, 6) is 0.493. The molecule has 0 radical (unpaired) electrons. The summed E-state index contributed by atoms with van der Waals surface area (Å²) in [5.41, 5.74) is 0.845. The lowest BCUT2D eigenvalue weighted by atomic mass is 9.46. The Bertz CT molecular complexity index is 737. The molecule has 0 bridgehead atoms. The molecule has 154 valence electrons. The van der Waals surface area contributed by atoms with Gasteiger partial charge in [-0.2, -0.15) is 0 Å². The minimum absolute atomic E-state index is 0.0147. The molecule has 0 amide bonds. The number of aliphatic carboxylic acids is 1. The largest absolute Gasteiger partial charge is 0.481 e. The number of carboxylic acids is 1. The fourth-order valence-electron chi connectivity index (χ4n) is 7.66. The van der Waals surface area contributed by atoms with Gasteiger partial charge in [0, 0.05) is 24.2 Å². The zero-order valence-electron chi connectivity index (χ0n) is 17.5. The van der Waals surface area contributed by atoms with E-state index in [1.165, 1.54) is 12.0 Å². The number of hydrogen-bond donors (Lipinski definition) is 1. The van der Waals surface area contributed by atoms with Gasteiger partial charge in [-0.05, 0) is 73.7 Å². The van der Waals surface area contributed by atoms with E-state index < -0.39 is 11.4 Å². The third-order valence-electron chi connectivity index (χ3n) is 9.29. The third-order valence-corrected chi connectivity index (χ3v) is 9.29. The minimum Gasteiger partial charge on any atom is -0.481 e. The van der Waals surface area contributed by atoms with Gasteiger partial charge in [-0.3, -0.25) is 14.4 Å². The molecule has 3 fully saturated rings. The van der Waals surface area contributed by atoms with Crippen LogP contribution in [0.3, 0.4) is 0 Å². The highest BCUT2D eigenvalue weighted by Gasteiger charge is 2.64. The molecule has 28 heavy (non-hydrogen) atoms. The van der Waals surface area contributed by atoms with E-state index in [0.717, 1.165) is 32.1 Å². The van der Waals surface area contributed by atoms with E-state index in [4.69, 9.17) is 5.11 Å². The van der Waals surface area contributed by atoms with E-state index in [0.29, 0.717) is 18.6 Å². The highest BCUT2D eigenvalue weighted by atomic mass is 16.4. The van der Waals surface area contributed by atoms with E-state index >= 15 is 0 Å². The SMILES string of the molecule is C[C@H](CCC(=O)O)[C@H]1CC[C@H]2[C@@H]3C(=O)C=C4CCCC[C@]4(C)[C@H]3CC(=O)[C@]12C. The molecule has 7 atom stereocenters. The molecule has 3 saturated carbocycles. The molecule has 0 aromatic heterocycles. The summed E-state index contributed by atoms with van der Waals surface area (Å²) in [6.07, 6.45) is 9.58. The van der Waals surface area contributed by atoms with Crippen LogP contribution in [-0.2, 0) is 14.4 Å². The summed E-state index contributed by atoms with van der Waals surface area (Å²) < 4.78 is 0. The van der Waals surface area contributed by atoms with Crippen LogP contribution in [0.25, 0.3) is 0 Å². The monoisotopic (exact) mass is 386 g/mol. The van der Waals surface area contributed by atoms with Crippen molar-refractivity contribution in [1.82, 2.24) is 0 Å². The average molecular weight is 387 g/mol. The molecule has 4 aliphatic carbocycles. The van der Waals surface area contributed by atoms with Crippen molar-refractivity contribution < 1.29 is 19.5 Å². The van der Waals surface area contributed by atoms with Gasteiger partial charge in [-0.25, -0.2) is 0 Å². The van der Waals surface area contributed by atoms with E-state index in [9.17, 15) is 14.4 Å². The van der Waals surface area contributed by atoms with E-state index in [-0.39, 0.29) is 47.2 Å². The number of carboxylic acid groups (broad SMARTS) is 1. The van der Waals surface area contributed by atoms with Crippen molar-refractivity contribution in [2.24, 2.45) is 40.4 Å². The topological polar surface area (TPSA) is 71.4 Å². The van der Waals surface area contributed by atoms with Gasteiger partial charge < -0.3 is 5.11 Å². The van der Waals surface area contributed by atoms with Crippen LogP contribution in [0.2, 0.25) is 0 Å². The van der Waals surface area contributed by atoms with Crippen LogP contribution in [0, 0.1) is 40.4 Å². The first-order chi connectivity index (χ1) is 13.2. The van der Waals surface area contributed by atoms with Crippen molar-refractivity contribution in [2.45, 2.75) is 78.6 Å². The van der Waals surface area contributed by atoms with Crippen molar-refractivity contribution in [3.05, 3.63) is 11.6 Å². The number of carbonyl (C=O) groups excluding carboxylic acids is 2. The Morgan fingerprint density at radius 3 is 2.68 bits per heavy atom. The quantitative estimate of drug-likeness (QED) is 0.752.